The molecule has 4 nitrogen and oxygen atoms in total. The van der Waals surface area contributed by atoms with Crippen molar-refractivity contribution in [2.45, 2.75) is 6.92 Å². The van der Waals surface area contributed by atoms with Crippen molar-refractivity contribution in [2.75, 3.05) is 5.32 Å². The van der Waals surface area contributed by atoms with Gasteiger partial charge in [-0.2, -0.15) is 0 Å². The van der Waals surface area contributed by atoms with E-state index < -0.39 is 5.91 Å². The van der Waals surface area contributed by atoms with Crippen LogP contribution in [-0.4, -0.2) is 16.0 Å². The minimum atomic E-state index is -0.417. The van der Waals surface area contributed by atoms with Gasteiger partial charge in [-0.3, -0.25) is 9.78 Å². The zero-order chi connectivity index (χ0) is 15.7. The van der Waals surface area contributed by atoms with Gasteiger partial charge < -0.3 is 10.4 Å². The summed E-state index contributed by atoms with van der Waals surface area (Å²) in [7, 11) is 0. The fourth-order valence-corrected chi connectivity index (χ4v) is 2.37. The zero-order valence-corrected chi connectivity index (χ0v) is 12.6. The largest absolute Gasteiger partial charge is 0.507 e. The minimum Gasteiger partial charge on any atom is -0.507 e. The fourth-order valence-electron chi connectivity index (χ4n) is 2.19. The Kier molecular flexibility index (Phi) is 3.69. The van der Waals surface area contributed by atoms with Crippen molar-refractivity contribution in [3.63, 3.8) is 0 Å². The van der Waals surface area contributed by atoms with Crippen LogP contribution in [0.4, 0.5) is 5.69 Å². The Morgan fingerprint density at radius 1 is 1.14 bits per heavy atom. The molecule has 1 heterocycles. The maximum absolute atomic E-state index is 12.2. The van der Waals surface area contributed by atoms with Crippen LogP contribution in [0.1, 0.15) is 16.1 Å². The molecule has 0 aliphatic carbocycles. The van der Waals surface area contributed by atoms with Gasteiger partial charge in [0, 0.05) is 21.8 Å². The number of nitrogens with one attached hydrogen (secondary N) is 1. The van der Waals surface area contributed by atoms with Crippen LogP contribution >= 0.6 is 11.6 Å². The van der Waals surface area contributed by atoms with Crippen molar-refractivity contribution in [1.82, 2.24) is 4.98 Å². The Labute approximate surface area is 132 Å². The third-order valence-electron chi connectivity index (χ3n) is 3.29. The number of fused-ring (bicyclic) bond motifs is 1. The summed E-state index contributed by atoms with van der Waals surface area (Å²) in [4.78, 5) is 16.6. The molecular weight excluding hydrogens is 300 g/mol. The molecule has 22 heavy (non-hydrogen) atoms. The molecule has 2 N–H and O–H groups in total. The van der Waals surface area contributed by atoms with Crippen molar-refractivity contribution < 1.29 is 9.90 Å². The highest BCUT2D eigenvalue weighted by atomic mass is 35.5. The van der Waals surface area contributed by atoms with E-state index in [0.717, 1.165) is 16.6 Å². The summed E-state index contributed by atoms with van der Waals surface area (Å²) in [6, 6.07) is 13.7. The fraction of sp³-hybridized carbons (Fsp3) is 0.0588. The second-order valence-electron chi connectivity index (χ2n) is 4.98. The number of nitrogens with zero attached hydrogens (tertiary/aromatic N) is 1. The van der Waals surface area contributed by atoms with E-state index in [4.69, 9.17) is 11.6 Å². The molecule has 0 saturated carbocycles. The molecule has 5 heteroatoms. The molecule has 0 aliphatic rings. The predicted molar refractivity (Wildman–Crippen MR) is 87.6 cm³/mol. The molecule has 1 aromatic heterocycles. The standard InChI is InChI=1S/C17H13ClN2O2/c1-10-2-3-11-8-13(5-6-15(11)19-10)20-17(22)14-9-12(18)4-7-16(14)21/h2-9,21H,1H3,(H,20,22). The van der Waals surface area contributed by atoms with Crippen LogP contribution in [-0.2, 0) is 0 Å². The van der Waals surface area contributed by atoms with Crippen molar-refractivity contribution in [1.29, 1.82) is 0 Å². The average Bonchev–Trinajstić information content (AvgIpc) is 2.49. The van der Waals surface area contributed by atoms with E-state index >= 15 is 0 Å². The number of hydrogen-bond acceptors (Lipinski definition) is 3. The monoisotopic (exact) mass is 312 g/mol. The van der Waals surface area contributed by atoms with E-state index in [0.29, 0.717) is 10.7 Å². The van der Waals surface area contributed by atoms with Gasteiger partial charge >= 0.3 is 0 Å². The molecule has 3 aromatic rings. The zero-order valence-electron chi connectivity index (χ0n) is 11.8. The molecule has 0 radical (unpaired) electrons. The topological polar surface area (TPSA) is 62.2 Å². The predicted octanol–water partition coefficient (Wildman–Crippen LogP) is 4.15. The number of anilines is 1. The lowest BCUT2D eigenvalue weighted by Crippen LogP contribution is -2.12. The number of benzene rings is 2. The third-order valence-corrected chi connectivity index (χ3v) is 3.52. The van der Waals surface area contributed by atoms with Gasteiger partial charge in [-0.15, -0.1) is 0 Å². The highest BCUT2D eigenvalue weighted by Gasteiger charge is 2.12. The summed E-state index contributed by atoms with van der Waals surface area (Å²) in [5.41, 5.74) is 2.56. The minimum absolute atomic E-state index is 0.111. The first-order chi connectivity index (χ1) is 10.5. The van der Waals surface area contributed by atoms with Crippen LogP contribution in [0.2, 0.25) is 5.02 Å². The van der Waals surface area contributed by atoms with Crippen LogP contribution in [0, 0.1) is 6.92 Å². The molecule has 0 unspecified atom stereocenters. The Balaban J connectivity index is 1.90. The average molecular weight is 313 g/mol. The Morgan fingerprint density at radius 3 is 2.77 bits per heavy atom. The number of hydrogen-bond donors (Lipinski definition) is 2. The van der Waals surface area contributed by atoms with Gasteiger partial charge in [0.25, 0.3) is 5.91 Å². The Hall–Kier alpha value is -2.59. The molecule has 110 valence electrons. The lowest BCUT2D eigenvalue weighted by molar-refractivity contribution is 0.102. The smallest absolute Gasteiger partial charge is 0.259 e. The van der Waals surface area contributed by atoms with Crippen LogP contribution in [0.25, 0.3) is 10.9 Å². The summed E-state index contributed by atoms with van der Waals surface area (Å²) >= 11 is 5.86. The number of carbonyl (C=O) groups is 1. The molecule has 0 bridgehead atoms. The van der Waals surface area contributed by atoms with Crippen LogP contribution < -0.4 is 5.32 Å². The van der Waals surface area contributed by atoms with Crippen LogP contribution in [0.3, 0.4) is 0 Å². The second kappa shape index (κ2) is 5.66. The van der Waals surface area contributed by atoms with E-state index in [1.165, 1.54) is 18.2 Å². The molecule has 0 spiro atoms. The number of carbonyl (C=O) groups excluding carboxylic acids is 1. The van der Waals surface area contributed by atoms with Gasteiger partial charge in [0.2, 0.25) is 0 Å². The van der Waals surface area contributed by atoms with Gasteiger partial charge in [0.05, 0.1) is 11.1 Å². The molecule has 0 aliphatic heterocycles. The summed E-state index contributed by atoms with van der Waals surface area (Å²) in [5.74, 6) is -0.528. The first kappa shape index (κ1) is 14.4. The normalized spacial score (nSPS) is 10.6. The van der Waals surface area contributed by atoms with E-state index in [1.807, 2.05) is 31.2 Å². The number of aromatic nitrogens is 1. The van der Waals surface area contributed by atoms with E-state index in [9.17, 15) is 9.90 Å². The maximum atomic E-state index is 12.2. The molecule has 2 aromatic carbocycles. The summed E-state index contributed by atoms with van der Waals surface area (Å²) in [6.45, 7) is 1.93. The number of halogens is 1. The second-order valence-corrected chi connectivity index (χ2v) is 5.41. The summed E-state index contributed by atoms with van der Waals surface area (Å²) in [5, 5.41) is 13.8. The van der Waals surface area contributed by atoms with E-state index in [2.05, 4.69) is 10.3 Å². The lowest BCUT2D eigenvalue weighted by atomic mass is 10.1. The number of amides is 1. The van der Waals surface area contributed by atoms with Crippen molar-refractivity contribution in [3.05, 3.63) is 64.8 Å². The van der Waals surface area contributed by atoms with Gasteiger partial charge in [0.15, 0.2) is 0 Å². The molecule has 0 atom stereocenters. The van der Waals surface area contributed by atoms with Gasteiger partial charge in [0.1, 0.15) is 5.75 Å². The van der Waals surface area contributed by atoms with Crippen LogP contribution in [0.5, 0.6) is 5.75 Å². The van der Waals surface area contributed by atoms with Crippen molar-refractivity contribution in [2.24, 2.45) is 0 Å². The quantitative estimate of drug-likeness (QED) is 0.747. The molecule has 1 amide bonds. The van der Waals surface area contributed by atoms with E-state index in [1.54, 1.807) is 6.07 Å². The number of phenols is 1. The molecule has 0 fully saturated rings. The number of pyridine rings is 1. The van der Waals surface area contributed by atoms with Gasteiger partial charge in [-0.1, -0.05) is 17.7 Å². The van der Waals surface area contributed by atoms with Gasteiger partial charge in [-0.25, -0.2) is 0 Å². The van der Waals surface area contributed by atoms with E-state index in [-0.39, 0.29) is 11.3 Å². The maximum Gasteiger partial charge on any atom is 0.259 e. The number of rotatable bonds is 2. The number of aryl methyl sites for hydroxylation is 1. The molecule has 0 saturated heterocycles. The first-order valence-corrected chi connectivity index (χ1v) is 7.08. The van der Waals surface area contributed by atoms with Crippen molar-refractivity contribution >= 4 is 34.1 Å². The SMILES string of the molecule is Cc1ccc2cc(NC(=O)c3cc(Cl)ccc3O)ccc2n1. The molecule has 3 rings (SSSR count). The summed E-state index contributed by atoms with van der Waals surface area (Å²) < 4.78 is 0. The molecular formula is C17H13ClN2O2. The Bertz CT molecular complexity index is 878. The summed E-state index contributed by atoms with van der Waals surface area (Å²) in [6.07, 6.45) is 0. The van der Waals surface area contributed by atoms with Crippen molar-refractivity contribution in [3.8, 4) is 5.75 Å². The highest BCUT2D eigenvalue weighted by molar-refractivity contribution is 6.31. The lowest BCUT2D eigenvalue weighted by Gasteiger charge is -2.08. The first-order valence-electron chi connectivity index (χ1n) is 6.70. The third kappa shape index (κ3) is 2.87. The highest BCUT2D eigenvalue weighted by Crippen LogP contribution is 2.24. The Morgan fingerprint density at radius 2 is 1.95 bits per heavy atom. The number of aromatic hydroxyl groups is 1. The van der Waals surface area contributed by atoms with Crippen LogP contribution in [0.15, 0.2) is 48.5 Å². The van der Waals surface area contributed by atoms with Gasteiger partial charge in [-0.05, 0) is 49.4 Å². The number of phenolic OH excluding ortho intramolecular Hbond substituents is 1.